The highest BCUT2D eigenvalue weighted by Crippen LogP contribution is 2.36. The highest BCUT2D eigenvalue weighted by atomic mass is 19.4. The van der Waals surface area contributed by atoms with Gasteiger partial charge in [0.2, 0.25) is 0 Å². The van der Waals surface area contributed by atoms with Crippen LogP contribution in [0.25, 0.3) is 22.3 Å². The van der Waals surface area contributed by atoms with E-state index in [-0.39, 0.29) is 11.9 Å². The molecule has 7 heteroatoms. The lowest BCUT2D eigenvalue weighted by Gasteiger charge is -2.18. The minimum atomic E-state index is -4.42. The molecule has 32 heavy (non-hydrogen) atoms. The minimum absolute atomic E-state index is 0.0385. The summed E-state index contributed by atoms with van der Waals surface area (Å²) in [5.74, 6) is -0.133. The van der Waals surface area contributed by atoms with Gasteiger partial charge < -0.3 is 10.6 Å². The van der Waals surface area contributed by atoms with E-state index in [2.05, 4.69) is 6.07 Å². The lowest BCUT2D eigenvalue weighted by Crippen LogP contribution is -2.31. The summed E-state index contributed by atoms with van der Waals surface area (Å²) in [5.41, 5.74) is 8.92. The van der Waals surface area contributed by atoms with Crippen LogP contribution < -0.4 is 5.73 Å². The van der Waals surface area contributed by atoms with Crippen LogP contribution >= 0.6 is 0 Å². The van der Waals surface area contributed by atoms with Crippen LogP contribution in [0.5, 0.6) is 0 Å². The molecule has 1 atom stereocenters. The van der Waals surface area contributed by atoms with Crippen molar-refractivity contribution >= 4 is 5.91 Å². The van der Waals surface area contributed by atoms with Crippen molar-refractivity contribution in [2.75, 3.05) is 13.1 Å². The molecule has 1 saturated heterocycles. The molecule has 0 bridgehead atoms. The van der Waals surface area contributed by atoms with Crippen molar-refractivity contribution in [2.45, 2.75) is 18.6 Å². The van der Waals surface area contributed by atoms with E-state index < -0.39 is 11.7 Å². The van der Waals surface area contributed by atoms with Crippen LogP contribution in [-0.2, 0) is 6.18 Å². The number of nitriles is 1. The monoisotopic (exact) mass is 435 g/mol. The third-order valence-corrected chi connectivity index (χ3v) is 5.63. The SMILES string of the molecule is N#Cc1ccc(-c2cc(C(=O)N3CC[C@H](N)C3)ccc2-c2ccc(C(F)(F)F)cc2)cc1. The van der Waals surface area contributed by atoms with E-state index in [1.165, 1.54) is 12.1 Å². The Bertz CT molecular complexity index is 1180. The zero-order valence-corrected chi connectivity index (χ0v) is 17.1. The van der Waals surface area contributed by atoms with E-state index in [1.54, 1.807) is 47.4 Å². The molecule has 0 spiro atoms. The minimum Gasteiger partial charge on any atom is -0.337 e. The molecule has 4 nitrogen and oxygen atoms in total. The number of nitrogens with zero attached hydrogens (tertiary/aromatic N) is 2. The average Bonchev–Trinajstić information content (AvgIpc) is 3.24. The van der Waals surface area contributed by atoms with Gasteiger partial charge in [-0.05, 0) is 65.1 Å². The number of amides is 1. The molecular formula is C25H20F3N3O. The maximum atomic E-state index is 13.0. The number of hydrogen-bond acceptors (Lipinski definition) is 3. The van der Waals surface area contributed by atoms with Gasteiger partial charge in [-0.3, -0.25) is 4.79 Å². The Labute approximate surface area is 183 Å². The summed E-state index contributed by atoms with van der Waals surface area (Å²) in [6, 6.07) is 19.0. The molecule has 0 aliphatic carbocycles. The number of carbonyl (C=O) groups excluding carboxylic acids is 1. The van der Waals surface area contributed by atoms with E-state index >= 15 is 0 Å². The molecule has 0 saturated carbocycles. The number of halogens is 3. The fourth-order valence-corrected chi connectivity index (χ4v) is 3.89. The van der Waals surface area contributed by atoms with Crippen molar-refractivity contribution in [1.29, 1.82) is 5.26 Å². The smallest absolute Gasteiger partial charge is 0.337 e. The van der Waals surface area contributed by atoms with Crippen LogP contribution in [0.4, 0.5) is 13.2 Å². The molecule has 0 aromatic heterocycles. The lowest BCUT2D eigenvalue weighted by molar-refractivity contribution is -0.137. The normalized spacial score (nSPS) is 16.1. The number of rotatable bonds is 3. The molecule has 1 fully saturated rings. The molecule has 1 aliphatic heterocycles. The van der Waals surface area contributed by atoms with Gasteiger partial charge in [-0.2, -0.15) is 18.4 Å². The van der Waals surface area contributed by atoms with Crippen LogP contribution in [0.1, 0.15) is 27.9 Å². The lowest BCUT2D eigenvalue weighted by atomic mass is 9.91. The molecule has 1 amide bonds. The highest BCUT2D eigenvalue weighted by molar-refractivity contribution is 5.98. The van der Waals surface area contributed by atoms with E-state index in [4.69, 9.17) is 11.0 Å². The van der Waals surface area contributed by atoms with Crippen molar-refractivity contribution in [1.82, 2.24) is 4.90 Å². The largest absolute Gasteiger partial charge is 0.416 e. The Morgan fingerprint density at radius 1 is 0.969 bits per heavy atom. The van der Waals surface area contributed by atoms with E-state index in [9.17, 15) is 18.0 Å². The second-order valence-electron chi connectivity index (χ2n) is 7.82. The first-order valence-corrected chi connectivity index (χ1v) is 10.1. The van der Waals surface area contributed by atoms with Crippen molar-refractivity contribution < 1.29 is 18.0 Å². The molecule has 0 unspecified atom stereocenters. The van der Waals surface area contributed by atoms with Gasteiger partial charge in [0.25, 0.3) is 5.91 Å². The molecule has 3 aromatic rings. The van der Waals surface area contributed by atoms with E-state index in [0.717, 1.165) is 24.1 Å². The van der Waals surface area contributed by atoms with Crippen LogP contribution in [-0.4, -0.2) is 29.9 Å². The van der Waals surface area contributed by atoms with Gasteiger partial charge in [-0.25, -0.2) is 0 Å². The second-order valence-corrected chi connectivity index (χ2v) is 7.82. The van der Waals surface area contributed by atoms with Gasteiger partial charge >= 0.3 is 6.18 Å². The van der Waals surface area contributed by atoms with Gasteiger partial charge in [-0.15, -0.1) is 0 Å². The summed E-state index contributed by atoms with van der Waals surface area (Å²) in [5, 5.41) is 9.08. The molecule has 4 rings (SSSR count). The van der Waals surface area contributed by atoms with Crippen molar-refractivity contribution in [2.24, 2.45) is 5.73 Å². The van der Waals surface area contributed by atoms with Crippen LogP contribution in [0, 0.1) is 11.3 Å². The summed E-state index contributed by atoms with van der Waals surface area (Å²) >= 11 is 0. The number of likely N-dealkylation sites (tertiary alicyclic amines) is 1. The van der Waals surface area contributed by atoms with Crippen molar-refractivity contribution in [3.63, 3.8) is 0 Å². The van der Waals surface area contributed by atoms with Crippen LogP contribution in [0.3, 0.4) is 0 Å². The fourth-order valence-electron chi connectivity index (χ4n) is 3.89. The molecule has 0 radical (unpaired) electrons. The summed E-state index contributed by atoms with van der Waals surface area (Å²) in [4.78, 5) is 14.7. The summed E-state index contributed by atoms with van der Waals surface area (Å²) in [6.45, 7) is 1.08. The predicted molar refractivity (Wildman–Crippen MR) is 116 cm³/mol. The third-order valence-electron chi connectivity index (χ3n) is 5.63. The fraction of sp³-hybridized carbons (Fsp3) is 0.200. The molecule has 162 valence electrons. The summed E-state index contributed by atoms with van der Waals surface area (Å²) < 4.78 is 38.9. The quantitative estimate of drug-likeness (QED) is 0.623. The first-order chi connectivity index (χ1) is 15.3. The number of hydrogen-bond donors (Lipinski definition) is 1. The van der Waals surface area contributed by atoms with Crippen LogP contribution in [0.2, 0.25) is 0 Å². The van der Waals surface area contributed by atoms with Crippen molar-refractivity contribution in [3.8, 4) is 28.3 Å². The standard InChI is InChI=1S/C25H20F3N3O/c26-25(27,28)20-8-5-17(6-9-20)22-10-7-19(24(32)31-12-11-21(30)15-31)13-23(22)18-3-1-16(14-29)2-4-18/h1-10,13,21H,11-12,15,30H2/t21-/m0/s1. The zero-order valence-electron chi connectivity index (χ0n) is 17.1. The topological polar surface area (TPSA) is 70.1 Å². The Kier molecular flexibility index (Phi) is 5.72. The summed E-state index contributed by atoms with van der Waals surface area (Å²) in [6.07, 6.45) is -3.67. The van der Waals surface area contributed by atoms with Crippen LogP contribution in [0.15, 0.2) is 66.7 Å². The maximum absolute atomic E-state index is 13.0. The van der Waals surface area contributed by atoms with Gasteiger partial charge in [0.15, 0.2) is 0 Å². The summed E-state index contributed by atoms with van der Waals surface area (Å²) in [7, 11) is 0. The Hall–Kier alpha value is -3.63. The Morgan fingerprint density at radius 3 is 2.16 bits per heavy atom. The maximum Gasteiger partial charge on any atom is 0.416 e. The van der Waals surface area contributed by atoms with Gasteiger partial charge in [0, 0.05) is 24.7 Å². The average molecular weight is 435 g/mol. The highest BCUT2D eigenvalue weighted by Gasteiger charge is 2.30. The van der Waals surface area contributed by atoms with E-state index in [0.29, 0.717) is 40.9 Å². The number of alkyl halides is 3. The van der Waals surface area contributed by atoms with Crippen molar-refractivity contribution in [3.05, 3.63) is 83.4 Å². The van der Waals surface area contributed by atoms with E-state index in [1.807, 2.05) is 0 Å². The molecule has 1 aliphatic rings. The number of carbonyl (C=O) groups is 1. The molecular weight excluding hydrogens is 415 g/mol. The predicted octanol–water partition coefficient (Wildman–Crippen LogP) is 5.08. The third kappa shape index (κ3) is 4.36. The van der Waals surface area contributed by atoms with Gasteiger partial charge in [0.05, 0.1) is 17.2 Å². The Balaban J connectivity index is 1.78. The molecule has 1 heterocycles. The Morgan fingerprint density at radius 2 is 1.59 bits per heavy atom. The second kappa shape index (κ2) is 8.48. The first kappa shape index (κ1) is 21.6. The van der Waals surface area contributed by atoms with Gasteiger partial charge in [0.1, 0.15) is 0 Å². The van der Waals surface area contributed by atoms with Gasteiger partial charge in [-0.1, -0.05) is 30.3 Å². The number of nitrogens with two attached hydrogens (primary N) is 1. The zero-order chi connectivity index (χ0) is 22.9. The molecule has 2 N–H and O–H groups in total. The number of benzene rings is 3. The molecule has 3 aromatic carbocycles. The first-order valence-electron chi connectivity index (χ1n) is 10.1.